The first-order valence-corrected chi connectivity index (χ1v) is 7.68. The summed E-state index contributed by atoms with van der Waals surface area (Å²) in [6.45, 7) is 1.56. The molecule has 0 bridgehead atoms. The summed E-state index contributed by atoms with van der Waals surface area (Å²) < 4.78 is 37.2. The molecule has 2 atom stereocenters. The smallest absolute Gasteiger partial charge is 0.391 e. The monoisotopic (exact) mass is 328 g/mol. The first kappa shape index (κ1) is 16.3. The number of carbonyl (C=O) groups excluding carboxylic acids is 1. The number of carbonyl (C=O) groups is 1. The minimum atomic E-state index is -4.24. The summed E-state index contributed by atoms with van der Waals surface area (Å²) in [7, 11) is 0. The normalized spacial score (nSPS) is 28.6. The Kier molecular flexibility index (Phi) is 4.10. The van der Waals surface area contributed by atoms with Gasteiger partial charge in [0.2, 0.25) is 5.91 Å². The molecule has 2 aliphatic heterocycles. The van der Waals surface area contributed by atoms with Crippen molar-refractivity contribution in [3.05, 3.63) is 29.8 Å². The van der Waals surface area contributed by atoms with Gasteiger partial charge in [-0.2, -0.15) is 13.2 Å². The van der Waals surface area contributed by atoms with Gasteiger partial charge in [0.15, 0.2) is 0 Å². The van der Waals surface area contributed by atoms with E-state index in [2.05, 4.69) is 5.32 Å². The predicted molar refractivity (Wildman–Crippen MR) is 79.1 cm³/mol. The molecule has 2 unspecified atom stereocenters. The van der Waals surface area contributed by atoms with E-state index in [4.69, 9.17) is 0 Å². The highest BCUT2D eigenvalue weighted by molar-refractivity contribution is 6.00. The third-order valence-corrected chi connectivity index (χ3v) is 4.83. The van der Waals surface area contributed by atoms with E-state index in [1.807, 2.05) is 0 Å². The summed E-state index contributed by atoms with van der Waals surface area (Å²) in [4.78, 5) is 14.3. The van der Waals surface area contributed by atoms with Crippen LogP contribution in [-0.2, 0) is 11.2 Å². The molecule has 1 spiro atoms. The van der Waals surface area contributed by atoms with E-state index in [9.17, 15) is 23.1 Å². The lowest BCUT2D eigenvalue weighted by atomic mass is 9.75. The average Bonchev–Trinajstić information content (AvgIpc) is 2.80. The molecular formula is C16H19F3N2O2. The van der Waals surface area contributed by atoms with E-state index < -0.39 is 24.1 Å². The zero-order chi connectivity index (χ0) is 16.7. The zero-order valence-corrected chi connectivity index (χ0v) is 12.6. The van der Waals surface area contributed by atoms with Crippen molar-refractivity contribution in [3.8, 4) is 0 Å². The van der Waals surface area contributed by atoms with Crippen LogP contribution in [0, 0.1) is 5.41 Å². The second-order valence-electron chi connectivity index (χ2n) is 6.29. The van der Waals surface area contributed by atoms with Crippen molar-refractivity contribution in [1.82, 2.24) is 5.32 Å². The Hall–Kier alpha value is -1.60. The number of rotatable bonds is 2. The fourth-order valence-electron chi connectivity index (χ4n) is 3.51. The van der Waals surface area contributed by atoms with Gasteiger partial charge in [0.1, 0.15) is 0 Å². The molecule has 126 valence electrons. The van der Waals surface area contributed by atoms with Crippen LogP contribution in [0.4, 0.5) is 18.9 Å². The van der Waals surface area contributed by atoms with Crippen LogP contribution >= 0.6 is 0 Å². The topological polar surface area (TPSA) is 52.6 Å². The number of β-amino-alcohol motifs (C(OH)–C–C–N with tert-alkyl or cyclic N) is 1. The quantitative estimate of drug-likeness (QED) is 0.871. The molecule has 1 amide bonds. The van der Waals surface area contributed by atoms with Crippen molar-refractivity contribution >= 4 is 11.6 Å². The lowest BCUT2D eigenvalue weighted by Crippen LogP contribution is -2.53. The van der Waals surface area contributed by atoms with Crippen molar-refractivity contribution in [2.45, 2.75) is 31.5 Å². The molecule has 0 radical (unpaired) electrons. The molecule has 4 nitrogen and oxygen atoms in total. The molecule has 0 aromatic heterocycles. The van der Waals surface area contributed by atoms with Crippen LogP contribution in [0.3, 0.4) is 0 Å². The minimum absolute atomic E-state index is 0.130. The molecule has 1 aromatic rings. The Morgan fingerprint density at radius 3 is 2.57 bits per heavy atom. The standard InChI is InChI=1S/C16H19F3N2O2/c17-16(18,19)9-11-1-3-12(4-2-11)21-8-6-15(14(21)23)5-7-20-10-13(15)22/h1-4,13,20,22H,5-10H2. The third-order valence-electron chi connectivity index (χ3n) is 4.83. The predicted octanol–water partition coefficient (Wildman–Crippen LogP) is 1.87. The highest BCUT2D eigenvalue weighted by atomic mass is 19.4. The van der Waals surface area contributed by atoms with E-state index in [0.29, 0.717) is 38.2 Å². The molecule has 3 rings (SSSR count). The van der Waals surface area contributed by atoms with Crippen LogP contribution in [0.25, 0.3) is 0 Å². The second-order valence-corrected chi connectivity index (χ2v) is 6.29. The number of nitrogens with one attached hydrogen (secondary N) is 1. The summed E-state index contributed by atoms with van der Waals surface area (Å²) in [6, 6.07) is 5.90. The van der Waals surface area contributed by atoms with Gasteiger partial charge in [0.25, 0.3) is 0 Å². The maximum atomic E-state index is 12.8. The summed E-state index contributed by atoms with van der Waals surface area (Å²) in [5.74, 6) is -0.130. The van der Waals surface area contributed by atoms with Crippen LogP contribution in [0.15, 0.2) is 24.3 Å². The molecule has 7 heteroatoms. The van der Waals surface area contributed by atoms with E-state index in [0.717, 1.165) is 0 Å². The number of hydrogen-bond acceptors (Lipinski definition) is 3. The molecule has 2 saturated heterocycles. The Morgan fingerprint density at radius 1 is 1.26 bits per heavy atom. The summed E-state index contributed by atoms with van der Waals surface area (Å²) >= 11 is 0. The van der Waals surface area contributed by atoms with E-state index in [1.165, 1.54) is 12.1 Å². The number of amides is 1. The number of alkyl halides is 3. The van der Waals surface area contributed by atoms with Crippen LogP contribution in [-0.4, -0.2) is 42.9 Å². The number of hydrogen-bond donors (Lipinski definition) is 2. The van der Waals surface area contributed by atoms with E-state index >= 15 is 0 Å². The second kappa shape index (κ2) is 5.79. The van der Waals surface area contributed by atoms with Crippen molar-refractivity contribution in [1.29, 1.82) is 0 Å². The molecule has 2 heterocycles. The number of benzene rings is 1. The Bertz CT molecular complexity index is 588. The molecule has 23 heavy (non-hydrogen) atoms. The van der Waals surface area contributed by atoms with Crippen LogP contribution in [0.5, 0.6) is 0 Å². The molecule has 2 fully saturated rings. The van der Waals surface area contributed by atoms with Gasteiger partial charge in [-0.25, -0.2) is 0 Å². The SMILES string of the molecule is O=C1N(c2ccc(CC(F)(F)F)cc2)CCC12CCNCC2O. The Morgan fingerprint density at radius 2 is 1.96 bits per heavy atom. The first-order chi connectivity index (χ1) is 10.8. The number of aliphatic hydroxyl groups excluding tert-OH is 1. The van der Waals surface area contributed by atoms with Gasteiger partial charge in [0, 0.05) is 18.8 Å². The number of anilines is 1. The van der Waals surface area contributed by atoms with Crippen molar-refractivity contribution in [2.24, 2.45) is 5.41 Å². The van der Waals surface area contributed by atoms with Crippen molar-refractivity contribution in [2.75, 3.05) is 24.5 Å². The maximum absolute atomic E-state index is 12.8. The summed E-state index contributed by atoms with van der Waals surface area (Å²) in [6.07, 6.45) is -4.79. The first-order valence-electron chi connectivity index (χ1n) is 7.68. The van der Waals surface area contributed by atoms with Gasteiger partial charge < -0.3 is 15.3 Å². The zero-order valence-electron chi connectivity index (χ0n) is 12.6. The van der Waals surface area contributed by atoms with Gasteiger partial charge in [-0.15, -0.1) is 0 Å². The Labute approximate surface area is 132 Å². The van der Waals surface area contributed by atoms with Crippen LogP contribution < -0.4 is 10.2 Å². The van der Waals surface area contributed by atoms with Gasteiger partial charge in [-0.3, -0.25) is 4.79 Å². The molecular weight excluding hydrogens is 309 g/mol. The van der Waals surface area contributed by atoms with Crippen LogP contribution in [0.1, 0.15) is 18.4 Å². The lowest BCUT2D eigenvalue weighted by Gasteiger charge is -2.36. The summed E-state index contributed by atoms with van der Waals surface area (Å²) in [5.41, 5.74) is 0.00337. The number of aliphatic hydroxyl groups is 1. The minimum Gasteiger partial charge on any atom is -0.391 e. The lowest BCUT2D eigenvalue weighted by molar-refractivity contribution is -0.133. The Balaban J connectivity index is 1.77. The van der Waals surface area contributed by atoms with Crippen molar-refractivity contribution < 1.29 is 23.1 Å². The number of halogens is 3. The van der Waals surface area contributed by atoms with Gasteiger partial charge >= 0.3 is 6.18 Å². The molecule has 2 N–H and O–H groups in total. The fraction of sp³-hybridized carbons (Fsp3) is 0.562. The van der Waals surface area contributed by atoms with Crippen molar-refractivity contribution in [3.63, 3.8) is 0 Å². The summed E-state index contributed by atoms with van der Waals surface area (Å²) in [5, 5.41) is 13.3. The molecule has 1 aromatic carbocycles. The number of nitrogens with zero attached hydrogens (tertiary/aromatic N) is 1. The largest absolute Gasteiger partial charge is 0.393 e. The molecule has 0 saturated carbocycles. The molecule has 2 aliphatic rings. The van der Waals surface area contributed by atoms with E-state index in [-0.39, 0.29) is 11.5 Å². The van der Waals surface area contributed by atoms with Gasteiger partial charge in [-0.05, 0) is 37.1 Å². The van der Waals surface area contributed by atoms with Gasteiger partial charge in [-0.1, -0.05) is 12.1 Å². The van der Waals surface area contributed by atoms with Gasteiger partial charge in [0.05, 0.1) is 17.9 Å². The molecule has 0 aliphatic carbocycles. The van der Waals surface area contributed by atoms with E-state index in [1.54, 1.807) is 17.0 Å². The highest BCUT2D eigenvalue weighted by Crippen LogP contribution is 2.42. The number of piperidine rings is 1. The highest BCUT2D eigenvalue weighted by Gasteiger charge is 2.52. The third kappa shape index (κ3) is 3.07. The average molecular weight is 328 g/mol. The van der Waals surface area contributed by atoms with Crippen LogP contribution in [0.2, 0.25) is 0 Å². The maximum Gasteiger partial charge on any atom is 0.393 e. The fourth-order valence-corrected chi connectivity index (χ4v) is 3.51.